The molecule has 1 unspecified atom stereocenters. The third kappa shape index (κ3) is 2.66. The summed E-state index contributed by atoms with van der Waals surface area (Å²) in [4.78, 5) is 5.91. The van der Waals surface area contributed by atoms with Crippen LogP contribution in [-0.4, -0.2) is 4.98 Å². The number of halogens is 1. The number of hydrogen-bond acceptors (Lipinski definition) is 3. The molecule has 0 radical (unpaired) electrons. The summed E-state index contributed by atoms with van der Waals surface area (Å²) in [7, 11) is 0. The summed E-state index contributed by atoms with van der Waals surface area (Å²) < 4.78 is 1.11. The molecule has 0 spiro atoms. The van der Waals surface area contributed by atoms with Gasteiger partial charge in [0.2, 0.25) is 0 Å². The molecule has 1 atom stereocenters. The molecular weight excluding hydrogens is 308 g/mol. The van der Waals surface area contributed by atoms with E-state index >= 15 is 0 Å². The molecule has 0 aliphatic carbocycles. The van der Waals surface area contributed by atoms with Crippen LogP contribution in [0.5, 0.6) is 0 Å². The first kappa shape index (κ1) is 13.7. The molecule has 2 nitrogen and oxygen atoms in total. The van der Waals surface area contributed by atoms with Gasteiger partial charge in [-0.3, -0.25) is 0 Å². The molecule has 96 valence electrons. The number of nitrogens with two attached hydrogens (primary N) is 1. The first-order valence-corrected chi connectivity index (χ1v) is 7.61. The van der Waals surface area contributed by atoms with E-state index in [2.05, 4.69) is 53.8 Å². The zero-order valence-corrected chi connectivity index (χ0v) is 13.2. The first-order chi connectivity index (χ1) is 8.52. The Kier molecular flexibility index (Phi) is 4.20. The van der Waals surface area contributed by atoms with Crippen molar-refractivity contribution in [1.82, 2.24) is 4.98 Å². The third-order valence-electron chi connectivity index (χ3n) is 3.05. The lowest BCUT2D eigenvalue weighted by Crippen LogP contribution is -2.11. The molecule has 0 saturated heterocycles. The highest BCUT2D eigenvalue weighted by molar-refractivity contribution is 9.10. The lowest BCUT2D eigenvalue weighted by atomic mass is 10.1. The van der Waals surface area contributed by atoms with Gasteiger partial charge < -0.3 is 5.73 Å². The number of nitrogens with zero attached hydrogens (tertiary/aromatic N) is 1. The first-order valence-electron chi connectivity index (χ1n) is 6.00. The van der Waals surface area contributed by atoms with Crippen LogP contribution >= 0.6 is 27.3 Å². The van der Waals surface area contributed by atoms with Gasteiger partial charge in [0.25, 0.3) is 0 Å². The largest absolute Gasteiger partial charge is 0.318 e. The molecule has 2 rings (SSSR count). The van der Waals surface area contributed by atoms with Gasteiger partial charge in [-0.05, 0) is 37.5 Å². The second-order valence-electron chi connectivity index (χ2n) is 4.39. The number of benzene rings is 1. The van der Waals surface area contributed by atoms with Crippen molar-refractivity contribution in [3.05, 3.63) is 49.4 Å². The second kappa shape index (κ2) is 5.51. The Labute approximate surface area is 120 Å². The van der Waals surface area contributed by atoms with E-state index in [0.29, 0.717) is 0 Å². The minimum absolute atomic E-state index is 0.124. The fourth-order valence-electron chi connectivity index (χ4n) is 1.92. The number of thiazole rings is 1. The Balaban J connectivity index is 2.34. The van der Waals surface area contributed by atoms with Crippen molar-refractivity contribution in [2.45, 2.75) is 33.2 Å². The SMILES string of the molecule is CCc1nc(C(N)c2ccc(Br)c(C)c2)sc1C. The molecular formula is C14H17BrN2S. The molecule has 4 heteroatoms. The van der Waals surface area contributed by atoms with E-state index in [4.69, 9.17) is 5.73 Å². The molecule has 1 aromatic heterocycles. The van der Waals surface area contributed by atoms with E-state index in [-0.39, 0.29) is 6.04 Å². The molecule has 2 N–H and O–H groups in total. The average molecular weight is 325 g/mol. The van der Waals surface area contributed by atoms with Crippen molar-refractivity contribution < 1.29 is 0 Å². The van der Waals surface area contributed by atoms with Gasteiger partial charge in [-0.1, -0.05) is 35.0 Å². The van der Waals surface area contributed by atoms with Crippen LogP contribution in [0.4, 0.5) is 0 Å². The summed E-state index contributed by atoms with van der Waals surface area (Å²) in [5.74, 6) is 0. The molecule has 0 amide bonds. The second-order valence-corrected chi connectivity index (χ2v) is 6.48. The minimum atomic E-state index is -0.124. The Morgan fingerprint density at radius 3 is 2.67 bits per heavy atom. The summed E-state index contributed by atoms with van der Waals surface area (Å²) >= 11 is 5.21. The Morgan fingerprint density at radius 1 is 1.39 bits per heavy atom. The predicted molar refractivity (Wildman–Crippen MR) is 81.1 cm³/mol. The van der Waals surface area contributed by atoms with Crippen LogP contribution in [0.25, 0.3) is 0 Å². The third-order valence-corrected chi connectivity index (χ3v) is 5.04. The fraction of sp³-hybridized carbons (Fsp3) is 0.357. The Morgan fingerprint density at radius 2 is 2.11 bits per heavy atom. The molecule has 0 fully saturated rings. The lowest BCUT2D eigenvalue weighted by Gasteiger charge is -2.10. The van der Waals surface area contributed by atoms with Crippen LogP contribution in [0.3, 0.4) is 0 Å². The normalized spacial score (nSPS) is 12.7. The van der Waals surface area contributed by atoms with E-state index < -0.39 is 0 Å². The van der Waals surface area contributed by atoms with Gasteiger partial charge in [0.1, 0.15) is 5.01 Å². The maximum atomic E-state index is 6.30. The van der Waals surface area contributed by atoms with Crippen molar-refractivity contribution >= 4 is 27.3 Å². The number of hydrogen-bond donors (Lipinski definition) is 1. The fourth-order valence-corrected chi connectivity index (χ4v) is 3.20. The zero-order valence-electron chi connectivity index (χ0n) is 10.8. The monoisotopic (exact) mass is 324 g/mol. The summed E-state index contributed by atoms with van der Waals surface area (Å²) in [5.41, 5.74) is 9.79. The molecule has 2 aromatic rings. The molecule has 0 aliphatic heterocycles. The van der Waals surface area contributed by atoms with Crippen molar-refractivity contribution in [3.8, 4) is 0 Å². The average Bonchev–Trinajstić information content (AvgIpc) is 2.73. The van der Waals surface area contributed by atoms with Crippen molar-refractivity contribution in [1.29, 1.82) is 0 Å². The molecule has 18 heavy (non-hydrogen) atoms. The van der Waals surface area contributed by atoms with Crippen LogP contribution in [0, 0.1) is 13.8 Å². The predicted octanol–water partition coefficient (Wildman–Crippen LogP) is 4.13. The van der Waals surface area contributed by atoms with Gasteiger partial charge in [-0.2, -0.15) is 0 Å². The van der Waals surface area contributed by atoms with Crippen LogP contribution in [0.2, 0.25) is 0 Å². The van der Waals surface area contributed by atoms with E-state index in [1.807, 2.05) is 6.07 Å². The summed E-state index contributed by atoms with van der Waals surface area (Å²) in [6.07, 6.45) is 0.967. The maximum absolute atomic E-state index is 6.30. The van der Waals surface area contributed by atoms with Gasteiger partial charge in [-0.25, -0.2) is 4.98 Å². The summed E-state index contributed by atoms with van der Waals surface area (Å²) in [6.45, 7) is 6.31. The van der Waals surface area contributed by atoms with Crippen molar-refractivity contribution in [2.24, 2.45) is 5.73 Å². The maximum Gasteiger partial charge on any atom is 0.114 e. The van der Waals surface area contributed by atoms with E-state index in [0.717, 1.165) is 21.5 Å². The van der Waals surface area contributed by atoms with Crippen LogP contribution in [-0.2, 0) is 6.42 Å². The number of aryl methyl sites for hydroxylation is 3. The highest BCUT2D eigenvalue weighted by Crippen LogP contribution is 2.28. The zero-order chi connectivity index (χ0) is 13.3. The van der Waals surface area contributed by atoms with Gasteiger partial charge in [0, 0.05) is 9.35 Å². The minimum Gasteiger partial charge on any atom is -0.318 e. The highest BCUT2D eigenvalue weighted by Gasteiger charge is 2.15. The van der Waals surface area contributed by atoms with Gasteiger partial charge in [0.05, 0.1) is 11.7 Å². The van der Waals surface area contributed by atoms with Crippen molar-refractivity contribution in [2.75, 3.05) is 0 Å². The standard InChI is InChI=1S/C14H17BrN2S/c1-4-12-9(3)18-14(17-12)13(16)10-5-6-11(15)8(2)7-10/h5-7,13H,4,16H2,1-3H3. The molecule has 1 aromatic carbocycles. The molecule has 1 heterocycles. The summed E-state index contributed by atoms with van der Waals surface area (Å²) in [5, 5.41) is 1.01. The summed E-state index contributed by atoms with van der Waals surface area (Å²) in [6, 6.07) is 6.10. The van der Waals surface area contributed by atoms with Gasteiger partial charge >= 0.3 is 0 Å². The molecule has 0 bridgehead atoms. The van der Waals surface area contributed by atoms with Crippen molar-refractivity contribution in [3.63, 3.8) is 0 Å². The quantitative estimate of drug-likeness (QED) is 0.921. The van der Waals surface area contributed by atoms with E-state index in [1.165, 1.54) is 16.1 Å². The Bertz CT molecular complexity index is 563. The number of rotatable bonds is 3. The van der Waals surface area contributed by atoms with E-state index in [1.54, 1.807) is 11.3 Å². The Hall–Kier alpha value is -0.710. The lowest BCUT2D eigenvalue weighted by molar-refractivity contribution is 0.842. The van der Waals surface area contributed by atoms with Crippen LogP contribution in [0.15, 0.2) is 22.7 Å². The van der Waals surface area contributed by atoms with Crippen LogP contribution < -0.4 is 5.73 Å². The smallest absolute Gasteiger partial charge is 0.114 e. The van der Waals surface area contributed by atoms with Crippen LogP contribution in [0.1, 0.15) is 39.7 Å². The molecule has 0 aliphatic rings. The number of aromatic nitrogens is 1. The highest BCUT2D eigenvalue weighted by atomic mass is 79.9. The van der Waals surface area contributed by atoms with Gasteiger partial charge in [0.15, 0.2) is 0 Å². The van der Waals surface area contributed by atoms with E-state index in [9.17, 15) is 0 Å². The molecule has 0 saturated carbocycles. The topological polar surface area (TPSA) is 38.9 Å². The van der Waals surface area contributed by atoms with Gasteiger partial charge in [-0.15, -0.1) is 11.3 Å².